The Balaban J connectivity index is 1.47. The molecule has 3 atom stereocenters. The lowest BCUT2D eigenvalue weighted by molar-refractivity contribution is -0.108. The number of amides is 2. The maximum atomic E-state index is 12.3. The lowest BCUT2D eigenvalue weighted by atomic mass is 9.57. The summed E-state index contributed by atoms with van der Waals surface area (Å²) >= 11 is 0. The van der Waals surface area contributed by atoms with E-state index in [9.17, 15) is 4.79 Å². The largest absolute Gasteiger partial charge is 0.385 e. The zero-order valence-electron chi connectivity index (χ0n) is 14.1. The number of urea groups is 1. The van der Waals surface area contributed by atoms with Gasteiger partial charge in [-0.2, -0.15) is 0 Å². The first-order valence-electron chi connectivity index (χ1n) is 8.63. The molecule has 1 saturated heterocycles. The van der Waals surface area contributed by atoms with E-state index < -0.39 is 0 Å². The summed E-state index contributed by atoms with van der Waals surface area (Å²) in [6.07, 6.45) is 6.09. The molecule has 3 rings (SSSR count). The number of methoxy groups -OCH3 is 1. The van der Waals surface area contributed by atoms with Crippen LogP contribution in [0.15, 0.2) is 0 Å². The minimum absolute atomic E-state index is 0.0212. The molecule has 3 aliphatic rings. The van der Waals surface area contributed by atoms with Gasteiger partial charge in [0.05, 0.1) is 6.10 Å². The van der Waals surface area contributed by atoms with Crippen LogP contribution < -0.4 is 10.6 Å². The van der Waals surface area contributed by atoms with Gasteiger partial charge in [-0.15, -0.1) is 0 Å². The number of rotatable bonds is 6. The lowest BCUT2D eigenvalue weighted by Crippen LogP contribution is -2.68. The molecule has 2 N–H and O–H groups in total. The van der Waals surface area contributed by atoms with Crippen molar-refractivity contribution in [2.75, 3.05) is 26.9 Å². The number of ether oxygens (including phenoxy) is 2. The molecule has 1 aliphatic heterocycles. The molecule has 0 aromatic heterocycles. The van der Waals surface area contributed by atoms with E-state index >= 15 is 0 Å². The van der Waals surface area contributed by atoms with Gasteiger partial charge in [0.1, 0.15) is 0 Å². The summed E-state index contributed by atoms with van der Waals surface area (Å²) in [6, 6.07) is 0.212. The molecule has 0 aromatic rings. The van der Waals surface area contributed by atoms with E-state index in [2.05, 4.69) is 24.5 Å². The summed E-state index contributed by atoms with van der Waals surface area (Å²) in [6.45, 7) is 6.76. The normalized spacial score (nSPS) is 34.2. The maximum Gasteiger partial charge on any atom is 0.315 e. The summed E-state index contributed by atoms with van der Waals surface area (Å²) < 4.78 is 11.0. The van der Waals surface area contributed by atoms with Crippen molar-refractivity contribution in [1.29, 1.82) is 0 Å². The van der Waals surface area contributed by atoms with Gasteiger partial charge in [0.25, 0.3) is 0 Å². The number of nitrogens with one attached hydrogen (secondary N) is 2. The van der Waals surface area contributed by atoms with Gasteiger partial charge in [0.2, 0.25) is 0 Å². The fourth-order valence-electron chi connectivity index (χ4n) is 4.59. The van der Waals surface area contributed by atoms with Gasteiger partial charge in [0.15, 0.2) is 0 Å². The molecular weight excluding hydrogens is 280 g/mol. The highest BCUT2D eigenvalue weighted by Crippen LogP contribution is 2.52. The van der Waals surface area contributed by atoms with Crippen LogP contribution in [-0.2, 0) is 9.47 Å². The van der Waals surface area contributed by atoms with Gasteiger partial charge in [-0.25, -0.2) is 4.79 Å². The van der Waals surface area contributed by atoms with E-state index in [1.807, 2.05) is 0 Å². The summed E-state index contributed by atoms with van der Waals surface area (Å²) in [5.74, 6) is 0.493. The predicted molar refractivity (Wildman–Crippen MR) is 84.7 cm³/mol. The fourth-order valence-corrected chi connectivity index (χ4v) is 4.59. The standard InChI is InChI=1S/C17H30N2O3/c1-16(2)13(12-5-9-22-14(12)16)19-15(20)18-11-17(6-4-7-17)8-10-21-3/h12-14H,4-11H2,1-3H3,(H2,18,19,20)/t12-,13+,14-/m0/s1. The second-order valence-electron chi connectivity index (χ2n) is 7.97. The lowest BCUT2D eigenvalue weighted by Gasteiger charge is -2.54. The van der Waals surface area contributed by atoms with Gasteiger partial charge >= 0.3 is 6.03 Å². The van der Waals surface area contributed by atoms with Crippen LogP contribution >= 0.6 is 0 Å². The average Bonchev–Trinajstić information content (AvgIpc) is 2.90. The Morgan fingerprint density at radius 2 is 2.14 bits per heavy atom. The summed E-state index contributed by atoms with van der Waals surface area (Å²) in [4.78, 5) is 12.3. The van der Waals surface area contributed by atoms with Gasteiger partial charge in [-0.3, -0.25) is 0 Å². The first-order chi connectivity index (χ1) is 10.5. The zero-order valence-corrected chi connectivity index (χ0v) is 14.1. The van der Waals surface area contributed by atoms with Crippen molar-refractivity contribution >= 4 is 6.03 Å². The van der Waals surface area contributed by atoms with Crippen LogP contribution in [0.1, 0.15) is 46.0 Å². The van der Waals surface area contributed by atoms with Crippen molar-refractivity contribution in [1.82, 2.24) is 10.6 Å². The van der Waals surface area contributed by atoms with E-state index in [1.54, 1.807) is 7.11 Å². The number of carbonyl (C=O) groups excluding carboxylic acids is 1. The Bertz CT molecular complexity index is 420. The van der Waals surface area contributed by atoms with Crippen molar-refractivity contribution in [2.24, 2.45) is 16.7 Å². The van der Waals surface area contributed by atoms with Gasteiger partial charge in [-0.1, -0.05) is 20.3 Å². The highest BCUT2D eigenvalue weighted by molar-refractivity contribution is 5.74. The minimum Gasteiger partial charge on any atom is -0.385 e. The Labute approximate surface area is 133 Å². The van der Waals surface area contributed by atoms with Crippen molar-refractivity contribution in [3.8, 4) is 0 Å². The highest BCUT2D eigenvalue weighted by Gasteiger charge is 2.59. The van der Waals surface area contributed by atoms with Gasteiger partial charge < -0.3 is 20.1 Å². The molecule has 2 saturated carbocycles. The number of hydrogen-bond acceptors (Lipinski definition) is 3. The van der Waals surface area contributed by atoms with Crippen LogP contribution in [-0.4, -0.2) is 45.0 Å². The van der Waals surface area contributed by atoms with Crippen LogP contribution in [0.5, 0.6) is 0 Å². The van der Waals surface area contributed by atoms with Crippen molar-refractivity contribution in [3.05, 3.63) is 0 Å². The van der Waals surface area contributed by atoms with E-state index in [-0.39, 0.29) is 22.9 Å². The molecular formula is C17H30N2O3. The molecule has 2 amide bonds. The Hall–Kier alpha value is -0.810. The minimum atomic E-state index is -0.0212. The quantitative estimate of drug-likeness (QED) is 0.791. The van der Waals surface area contributed by atoms with E-state index in [0.29, 0.717) is 12.0 Å². The molecule has 126 valence electrons. The second-order valence-corrected chi connectivity index (χ2v) is 7.97. The van der Waals surface area contributed by atoms with Crippen LogP contribution in [0.3, 0.4) is 0 Å². The monoisotopic (exact) mass is 310 g/mol. The fraction of sp³-hybridized carbons (Fsp3) is 0.941. The van der Waals surface area contributed by atoms with Crippen LogP contribution in [0.25, 0.3) is 0 Å². The van der Waals surface area contributed by atoms with Crippen LogP contribution in [0, 0.1) is 16.7 Å². The Kier molecular flexibility index (Phi) is 4.38. The van der Waals surface area contributed by atoms with Gasteiger partial charge in [0, 0.05) is 44.2 Å². The van der Waals surface area contributed by atoms with Crippen LogP contribution in [0.4, 0.5) is 4.79 Å². The van der Waals surface area contributed by atoms with Crippen molar-refractivity contribution in [3.63, 3.8) is 0 Å². The molecule has 5 heteroatoms. The van der Waals surface area contributed by atoms with E-state index in [0.717, 1.165) is 32.6 Å². The number of fused-ring (bicyclic) bond motifs is 1. The average molecular weight is 310 g/mol. The Morgan fingerprint density at radius 1 is 1.36 bits per heavy atom. The molecule has 1 heterocycles. The third-order valence-corrected chi connectivity index (χ3v) is 6.26. The van der Waals surface area contributed by atoms with Crippen molar-refractivity contribution in [2.45, 2.75) is 58.1 Å². The zero-order chi connectivity index (χ0) is 15.8. The molecule has 5 nitrogen and oxygen atoms in total. The van der Waals surface area contributed by atoms with Crippen molar-refractivity contribution < 1.29 is 14.3 Å². The maximum absolute atomic E-state index is 12.3. The molecule has 22 heavy (non-hydrogen) atoms. The molecule has 0 bridgehead atoms. The number of hydrogen-bond donors (Lipinski definition) is 2. The topological polar surface area (TPSA) is 59.6 Å². The first kappa shape index (κ1) is 16.1. The second kappa shape index (κ2) is 6.00. The van der Waals surface area contributed by atoms with E-state index in [4.69, 9.17) is 9.47 Å². The highest BCUT2D eigenvalue weighted by atomic mass is 16.5. The molecule has 2 aliphatic carbocycles. The summed E-state index contributed by atoms with van der Waals surface area (Å²) in [5.41, 5.74) is 0.310. The third kappa shape index (κ3) is 2.73. The molecule has 0 aromatic carbocycles. The first-order valence-corrected chi connectivity index (χ1v) is 8.63. The van der Waals surface area contributed by atoms with Gasteiger partial charge in [-0.05, 0) is 31.1 Å². The molecule has 0 unspecified atom stereocenters. The smallest absolute Gasteiger partial charge is 0.315 e. The van der Waals surface area contributed by atoms with E-state index in [1.165, 1.54) is 19.3 Å². The number of carbonyl (C=O) groups is 1. The molecule has 3 fully saturated rings. The molecule has 0 spiro atoms. The molecule has 0 radical (unpaired) electrons. The predicted octanol–water partition coefficient (Wildman–Crippen LogP) is 2.31. The van der Waals surface area contributed by atoms with Crippen LogP contribution in [0.2, 0.25) is 0 Å². The Morgan fingerprint density at radius 3 is 2.77 bits per heavy atom. The summed E-state index contributed by atoms with van der Waals surface area (Å²) in [7, 11) is 1.74. The third-order valence-electron chi connectivity index (χ3n) is 6.26. The summed E-state index contributed by atoms with van der Waals surface area (Å²) in [5, 5.41) is 6.30. The SMILES string of the molecule is COCCC1(CNC(=O)N[C@@H]2[C@@H]3CCO[C@@H]3C2(C)C)CCC1.